The van der Waals surface area contributed by atoms with Crippen molar-refractivity contribution in [2.75, 3.05) is 0 Å². The monoisotopic (exact) mass is 562 g/mol. The number of aromatic nitrogens is 2. The van der Waals surface area contributed by atoms with E-state index in [9.17, 15) is 39.5 Å². The molecule has 0 bridgehead atoms. The van der Waals surface area contributed by atoms with E-state index in [1.165, 1.54) is 36.7 Å². The van der Waals surface area contributed by atoms with Crippen molar-refractivity contribution < 1.29 is 39.5 Å². The van der Waals surface area contributed by atoms with Crippen LogP contribution >= 0.6 is 0 Å². The SMILES string of the molecule is FC(F)(F)c1ccc(-c2ccc(-c3cnc4cc(-c5cc(C(F)(F)F)cc(C(F)(F)F)c5)ccc4c3)cn2)cc1. The number of halogens is 9. The highest BCUT2D eigenvalue weighted by Crippen LogP contribution is 2.39. The maximum absolute atomic E-state index is 13.3. The summed E-state index contributed by atoms with van der Waals surface area (Å²) in [5.74, 6) is 0. The first-order valence-corrected chi connectivity index (χ1v) is 11.5. The van der Waals surface area contributed by atoms with Gasteiger partial charge in [0, 0.05) is 34.5 Å². The Bertz CT molecular complexity index is 1650. The van der Waals surface area contributed by atoms with Crippen LogP contribution in [0.3, 0.4) is 0 Å². The molecule has 0 saturated heterocycles. The minimum Gasteiger partial charge on any atom is -0.256 e. The smallest absolute Gasteiger partial charge is 0.256 e. The maximum Gasteiger partial charge on any atom is 0.416 e. The van der Waals surface area contributed by atoms with E-state index in [-0.39, 0.29) is 17.2 Å². The van der Waals surface area contributed by atoms with E-state index < -0.39 is 35.2 Å². The van der Waals surface area contributed by atoms with Gasteiger partial charge in [-0.15, -0.1) is 0 Å². The Morgan fingerprint density at radius 1 is 0.400 bits per heavy atom. The number of fused-ring (bicyclic) bond motifs is 1. The Kier molecular flexibility index (Phi) is 6.56. The van der Waals surface area contributed by atoms with Crippen LogP contribution in [0.15, 0.2) is 91.3 Å². The second-order valence-electron chi connectivity index (χ2n) is 8.93. The standard InChI is InChI=1S/C29H15F9N2/c30-27(31,32)22-6-3-16(4-7-22)25-8-5-19(14-39-25)21-9-18-2-1-17(12-26(18)40-15-21)20-10-23(28(33,34)35)13-24(11-20)29(36,37)38/h1-15H. The maximum atomic E-state index is 13.3. The third-order valence-electron chi connectivity index (χ3n) is 6.21. The highest BCUT2D eigenvalue weighted by molar-refractivity contribution is 5.87. The molecular formula is C29H15F9N2. The van der Waals surface area contributed by atoms with Gasteiger partial charge in [0.05, 0.1) is 27.9 Å². The van der Waals surface area contributed by atoms with Crippen LogP contribution in [0.4, 0.5) is 39.5 Å². The highest BCUT2D eigenvalue weighted by Gasteiger charge is 2.37. The van der Waals surface area contributed by atoms with Gasteiger partial charge in [0.15, 0.2) is 0 Å². The number of pyridine rings is 2. The van der Waals surface area contributed by atoms with Crippen molar-refractivity contribution in [3.8, 4) is 33.5 Å². The molecular weight excluding hydrogens is 547 g/mol. The average Bonchev–Trinajstić information content (AvgIpc) is 2.91. The largest absolute Gasteiger partial charge is 0.416 e. The Labute approximate surface area is 220 Å². The van der Waals surface area contributed by atoms with Crippen molar-refractivity contribution in [2.24, 2.45) is 0 Å². The van der Waals surface area contributed by atoms with E-state index in [1.54, 1.807) is 24.3 Å². The number of hydrogen-bond donors (Lipinski definition) is 0. The van der Waals surface area contributed by atoms with E-state index in [4.69, 9.17) is 0 Å². The summed E-state index contributed by atoms with van der Waals surface area (Å²) >= 11 is 0. The molecule has 0 atom stereocenters. The number of hydrogen-bond acceptors (Lipinski definition) is 2. The molecule has 0 unspecified atom stereocenters. The second kappa shape index (κ2) is 9.65. The van der Waals surface area contributed by atoms with E-state index in [1.807, 2.05) is 0 Å². The summed E-state index contributed by atoms with van der Waals surface area (Å²) in [6.07, 6.45) is -11.4. The molecule has 11 heteroatoms. The van der Waals surface area contributed by atoms with Gasteiger partial charge in [-0.3, -0.25) is 9.97 Å². The molecule has 3 aromatic carbocycles. The lowest BCUT2D eigenvalue weighted by atomic mass is 9.97. The van der Waals surface area contributed by atoms with Crippen molar-refractivity contribution in [2.45, 2.75) is 18.5 Å². The van der Waals surface area contributed by atoms with Crippen LogP contribution in [0.1, 0.15) is 16.7 Å². The molecule has 2 nitrogen and oxygen atoms in total. The Hall–Kier alpha value is -4.41. The van der Waals surface area contributed by atoms with E-state index >= 15 is 0 Å². The van der Waals surface area contributed by atoms with Crippen LogP contribution in [0.2, 0.25) is 0 Å². The predicted molar refractivity (Wildman–Crippen MR) is 131 cm³/mol. The van der Waals surface area contributed by atoms with Gasteiger partial charge in [-0.1, -0.05) is 30.3 Å². The first-order valence-electron chi connectivity index (χ1n) is 11.5. The van der Waals surface area contributed by atoms with Crippen LogP contribution in [0, 0.1) is 0 Å². The fourth-order valence-electron chi connectivity index (χ4n) is 4.15. The molecule has 0 amide bonds. The third-order valence-corrected chi connectivity index (χ3v) is 6.21. The molecule has 0 spiro atoms. The lowest BCUT2D eigenvalue weighted by molar-refractivity contribution is -0.143. The molecule has 2 aromatic heterocycles. The summed E-state index contributed by atoms with van der Waals surface area (Å²) in [4.78, 5) is 8.63. The van der Waals surface area contributed by atoms with Crippen LogP contribution in [0.5, 0.6) is 0 Å². The summed E-state index contributed by atoms with van der Waals surface area (Å²) < 4.78 is 118. The molecule has 0 radical (unpaired) electrons. The fourth-order valence-corrected chi connectivity index (χ4v) is 4.15. The zero-order valence-electron chi connectivity index (χ0n) is 20.0. The van der Waals surface area contributed by atoms with Gasteiger partial charge >= 0.3 is 18.5 Å². The summed E-state index contributed by atoms with van der Waals surface area (Å²) in [5.41, 5.74) is -1.14. The van der Waals surface area contributed by atoms with Crippen LogP contribution in [-0.4, -0.2) is 9.97 Å². The number of nitrogens with zero attached hydrogens (tertiary/aromatic N) is 2. The van der Waals surface area contributed by atoms with Gasteiger partial charge in [-0.05, 0) is 59.7 Å². The van der Waals surface area contributed by atoms with Gasteiger partial charge in [0.1, 0.15) is 0 Å². The van der Waals surface area contributed by atoms with Crippen molar-refractivity contribution in [1.29, 1.82) is 0 Å². The molecule has 0 N–H and O–H groups in total. The molecule has 0 saturated carbocycles. The first-order chi connectivity index (χ1) is 18.7. The third kappa shape index (κ3) is 5.63. The summed E-state index contributed by atoms with van der Waals surface area (Å²) in [7, 11) is 0. The van der Waals surface area contributed by atoms with E-state index in [0.29, 0.717) is 45.4 Å². The van der Waals surface area contributed by atoms with Crippen LogP contribution in [-0.2, 0) is 18.5 Å². The summed E-state index contributed by atoms with van der Waals surface area (Å²) in [5, 5.41) is 0.580. The van der Waals surface area contributed by atoms with Crippen molar-refractivity contribution >= 4 is 10.9 Å². The zero-order chi connectivity index (χ0) is 28.9. The van der Waals surface area contributed by atoms with Crippen LogP contribution < -0.4 is 0 Å². The zero-order valence-corrected chi connectivity index (χ0v) is 20.0. The summed E-state index contributed by atoms with van der Waals surface area (Å²) in [6.45, 7) is 0. The van der Waals surface area contributed by atoms with Crippen LogP contribution in [0.25, 0.3) is 44.4 Å². The molecule has 204 valence electrons. The van der Waals surface area contributed by atoms with Gasteiger partial charge in [-0.25, -0.2) is 0 Å². The highest BCUT2D eigenvalue weighted by atomic mass is 19.4. The van der Waals surface area contributed by atoms with Gasteiger partial charge in [0.2, 0.25) is 0 Å². The van der Waals surface area contributed by atoms with Crippen molar-refractivity contribution in [1.82, 2.24) is 9.97 Å². The molecule has 0 fully saturated rings. The van der Waals surface area contributed by atoms with Crippen molar-refractivity contribution in [3.05, 3.63) is 108 Å². The fraction of sp³-hybridized carbons (Fsp3) is 0.103. The molecule has 40 heavy (non-hydrogen) atoms. The van der Waals surface area contributed by atoms with E-state index in [2.05, 4.69) is 9.97 Å². The molecule has 5 rings (SSSR count). The van der Waals surface area contributed by atoms with Crippen molar-refractivity contribution in [3.63, 3.8) is 0 Å². The average molecular weight is 562 g/mol. The summed E-state index contributed by atoms with van der Waals surface area (Å²) in [6, 6.07) is 15.4. The quantitative estimate of drug-likeness (QED) is 0.205. The topological polar surface area (TPSA) is 25.8 Å². The predicted octanol–water partition coefficient (Wildman–Crippen LogP) is 9.69. The minimum absolute atomic E-state index is 0.0753. The normalized spacial score (nSPS) is 12.6. The molecule has 0 aliphatic rings. The Balaban J connectivity index is 1.44. The minimum atomic E-state index is -4.96. The Morgan fingerprint density at radius 3 is 1.50 bits per heavy atom. The Morgan fingerprint density at radius 2 is 0.950 bits per heavy atom. The molecule has 2 heterocycles. The van der Waals surface area contributed by atoms with E-state index in [0.717, 1.165) is 12.1 Å². The number of rotatable bonds is 3. The second-order valence-corrected chi connectivity index (χ2v) is 8.93. The first kappa shape index (κ1) is 27.2. The number of alkyl halides is 9. The van der Waals surface area contributed by atoms with Gasteiger partial charge in [0.25, 0.3) is 0 Å². The molecule has 5 aromatic rings. The lowest BCUT2D eigenvalue weighted by Gasteiger charge is -2.14. The molecule has 0 aliphatic heterocycles. The lowest BCUT2D eigenvalue weighted by Crippen LogP contribution is -2.11. The van der Waals surface area contributed by atoms with Gasteiger partial charge < -0.3 is 0 Å². The molecule has 0 aliphatic carbocycles. The van der Waals surface area contributed by atoms with Gasteiger partial charge in [-0.2, -0.15) is 39.5 Å². The number of benzene rings is 3.